The van der Waals surface area contributed by atoms with E-state index in [0.29, 0.717) is 18.8 Å². The van der Waals surface area contributed by atoms with E-state index in [2.05, 4.69) is 4.74 Å². The molecule has 2 aromatic rings. The molecular weight excluding hydrogens is 240 g/mol. The van der Waals surface area contributed by atoms with E-state index in [1.54, 1.807) is 12.1 Å². The molecule has 0 radical (unpaired) electrons. The topological polar surface area (TPSA) is 35.5 Å². The second-order valence-electron chi connectivity index (χ2n) is 4.17. The SMILES string of the molecule is COC(=O)c1cccc(COCc2ccccc2)c1. The van der Waals surface area contributed by atoms with Crippen molar-refractivity contribution in [3.8, 4) is 0 Å². The molecule has 0 bridgehead atoms. The average molecular weight is 256 g/mol. The molecule has 0 N–H and O–H groups in total. The van der Waals surface area contributed by atoms with Crippen molar-refractivity contribution in [1.29, 1.82) is 0 Å². The van der Waals surface area contributed by atoms with E-state index < -0.39 is 0 Å². The number of carbonyl (C=O) groups excluding carboxylic acids is 1. The monoisotopic (exact) mass is 256 g/mol. The van der Waals surface area contributed by atoms with E-state index in [1.807, 2.05) is 42.5 Å². The molecule has 0 atom stereocenters. The number of carbonyl (C=O) groups is 1. The van der Waals surface area contributed by atoms with Crippen LogP contribution in [0.1, 0.15) is 21.5 Å². The van der Waals surface area contributed by atoms with Gasteiger partial charge in [-0.1, -0.05) is 42.5 Å². The number of methoxy groups -OCH3 is 1. The molecular formula is C16H16O3. The summed E-state index contributed by atoms with van der Waals surface area (Å²) in [4.78, 5) is 11.4. The number of hydrogen-bond donors (Lipinski definition) is 0. The average Bonchev–Trinajstić information content (AvgIpc) is 2.48. The van der Waals surface area contributed by atoms with Crippen molar-refractivity contribution in [1.82, 2.24) is 0 Å². The summed E-state index contributed by atoms with van der Waals surface area (Å²) in [6.45, 7) is 1.03. The van der Waals surface area contributed by atoms with Crippen LogP contribution in [0, 0.1) is 0 Å². The number of esters is 1. The van der Waals surface area contributed by atoms with Gasteiger partial charge in [0.1, 0.15) is 0 Å². The number of ether oxygens (including phenoxy) is 2. The Morgan fingerprint density at radius 2 is 1.63 bits per heavy atom. The maximum atomic E-state index is 11.4. The molecule has 0 unspecified atom stereocenters. The molecule has 0 saturated heterocycles. The zero-order chi connectivity index (χ0) is 13.5. The van der Waals surface area contributed by atoms with Gasteiger partial charge in [0.05, 0.1) is 25.9 Å². The third-order valence-corrected chi connectivity index (χ3v) is 2.73. The van der Waals surface area contributed by atoms with Crippen LogP contribution in [-0.4, -0.2) is 13.1 Å². The molecule has 0 aromatic heterocycles. The fourth-order valence-corrected chi connectivity index (χ4v) is 1.77. The van der Waals surface area contributed by atoms with Gasteiger partial charge in [0.2, 0.25) is 0 Å². The van der Waals surface area contributed by atoms with Gasteiger partial charge in [0.25, 0.3) is 0 Å². The Morgan fingerprint density at radius 1 is 0.947 bits per heavy atom. The highest BCUT2D eigenvalue weighted by Gasteiger charge is 2.05. The van der Waals surface area contributed by atoms with Gasteiger partial charge >= 0.3 is 5.97 Å². The van der Waals surface area contributed by atoms with Crippen LogP contribution in [0.5, 0.6) is 0 Å². The van der Waals surface area contributed by atoms with Crippen molar-refractivity contribution in [2.24, 2.45) is 0 Å². The number of hydrogen-bond acceptors (Lipinski definition) is 3. The van der Waals surface area contributed by atoms with Crippen LogP contribution in [0.4, 0.5) is 0 Å². The van der Waals surface area contributed by atoms with Crippen LogP contribution < -0.4 is 0 Å². The van der Waals surface area contributed by atoms with Crippen molar-refractivity contribution in [3.63, 3.8) is 0 Å². The van der Waals surface area contributed by atoms with Crippen molar-refractivity contribution >= 4 is 5.97 Å². The Bertz CT molecular complexity index is 535. The van der Waals surface area contributed by atoms with Gasteiger partial charge in [-0.2, -0.15) is 0 Å². The standard InChI is InChI=1S/C16H16O3/c1-18-16(17)15-9-5-8-14(10-15)12-19-11-13-6-3-2-4-7-13/h2-10H,11-12H2,1H3. The largest absolute Gasteiger partial charge is 0.465 e. The minimum absolute atomic E-state index is 0.329. The molecule has 2 aromatic carbocycles. The molecule has 98 valence electrons. The molecule has 3 nitrogen and oxygen atoms in total. The first-order valence-corrected chi connectivity index (χ1v) is 6.08. The fourth-order valence-electron chi connectivity index (χ4n) is 1.77. The minimum Gasteiger partial charge on any atom is -0.465 e. The third-order valence-electron chi connectivity index (χ3n) is 2.73. The Kier molecular flexibility index (Phi) is 4.70. The normalized spacial score (nSPS) is 10.2. The summed E-state index contributed by atoms with van der Waals surface area (Å²) in [6, 6.07) is 17.3. The molecule has 0 fully saturated rings. The lowest BCUT2D eigenvalue weighted by Crippen LogP contribution is -2.02. The fraction of sp³-hybridized carbons (Fsp3) is 0.188. The summed E-state index contributed by atoms with van der Waals surface area (Å²) in [5.74, 6) is -0.329. The molecule has 3 heteroatoms. The molecule has 0 heterocycles. The summed E-state index contributed by atoms with van der Waals surface area (Å²) in [7, 11) is 1.38. The van der Waals surface area contributed by atoms with Gasteiger partial charge in [0, 0.05) is 0 Å². The Balaban J connectivity index is 1.91. The predicted molar refractivity (Wildman–Crippen MR) is 72.7 cm³/mol. The first kappa shape index (κ1) is 13.3. The third kappa shape index (κ3) is 3.93. The van der Waals surface area contributed by atoms with Gasteiger partial charge in [-0.05, 0) is 23.3 Å². The van der Waals surface area contributed by atoms with Crippen LogP contribution in [0.15, 0.2) is 54.6 Å². The zero-order valence-corrected chi connectivity index (χ0v) is 10.8. The Hall–Kier alpha value is -2.13. The summed E-state index contributed by atoms with van der Waals surface area (Å²) >= 11 is 0. The number of benzene rings is 2. The van der Waals surface area contributed by atoms with E-state index in [4.69, 9.17) is 4.74 Å². The summed E-state index contributed by atoms with van der Waals surface area (Å²) < 4.78 is 10.3. The van der Waals surface area contributed by atoms with Crippen molar-refractivity contribution < 1.29 is 14.3 Å². The smallest absolute Gasteiger partial charge is 0.337 e. The van der Waals surface area contributed by atoms with E-state index >= 15 is 0 Å². The van der Waals surface area contributed by atoms with E-state index in [-0.39, 0.29) is 5.97 Å². The highest BCUT2D eigenvalue weighted by Crippen LogP contribution is 2.09. The summed E-state index contributed by atoms with van der Waals surface area (Å²) in [5.41, 5.74) is 2.63. The van der Waals surface area contributed by atoms with Crippen molar-refractivity contribution in [3.05, 3.63) is 71.3 Å². The van der Waals surface area contributed by atoms with E-state index in [0.717, 1.165) is 11.1 Å². The number of rotatable bonds is 5. The molecule has 19 heavy (non-hydrogen) atoms. The zero-order valence-electron chi connectivity index (χ0n) is 10.8. The van der Waals surface area contributed by atoms with Crippen LogP contribution in [0.3, 0.4) is 0 Å². The second kappa shape index (κ2) is 6.71. The first-order valence-electron chi connectivity index (χ1n) is 6.08. The van der Waals surface area contributed by atoms with Gasteiger partial charge in [-0.25, -0.2) is 4.79 Å². The van der Waals surface area contributed by atoms with E-state index in [1.165, 1.54) is 7.11 Å². The maximum Gasteiger partial charge on any atom is 0.337 e. The molecule has 0 saturated carbocycles. The maximum absolute atomic E-state index is 11.4. The molecule has 0 amide bonds. The molecule has 2 rings (SSSR count). The lowest BCUT2D eigenvalue weighted by atomic mass is 10.1. The first-order chi connectivity index (χ1) is 9.29. The van der Waals surface area contributed by atoms with Crippen molar-refractivity contribution in [2.45, 2.75) is 13.2 Å². The lowest BCUT2D eigenvalue weighted by molar-refractivity contribution is 0.0600. The Labute approximate surface area is 112 Å². The highest BCUT2D eigenvalue weighted by atomic mass is 16.5. The van der Waals surface area contributed by atoms with Gasteiger partial charge in [-0.3, -0.25) is 0 Å². The summed E-state index contributed by atoms with van der Waals surface area (Å²) in [5, 5.41) is 0. The van der Waals surface area contributed by atoms with Crippen molar-refractivity contribution in [2.75, 3.05) is 7.11 Å². The highest BCUT2D eigenvalue weighted by molar-refractivity contribution is 5.89. The molecule has 0 aliphatic heterocycles. The van der Waals surface area contributed by atoms with Gasteiger partial charge in [-0.15, -0.1) is 0 Å². The molecule has 0 aliphatic rings. The van der Waals surface area contributed by atoms with Crippen LogP contribution in [0.2, 0.25) is 0 Å². The molecule has 0 aliphatic carbocycles. The quantitative estimate of drug-likeness (QED) is 0.771. The van der Waals surface area contributed by atoms with E-state index in [9.17, 15) is 4.79 Å². The summed E-state index contributed by atoms with van der Waals surface area (Å²) in [6.07, 6.45) is 0. The van der Waals surface area contributed by atoms with Crippen LogP contribution in [0.25, 0.3) is 0 Å². The van der Waals surface area contributed by atoms with Gasteiger partial charge < -0.3 is 9.47 Å². The van der Waals surface area contributed by atoms with Crippen LogP contribution in [-0.2, 0) is 22.7 Å². The predicted octanol–water partition coefficient (Wildman–Crippen LogP) is 3.19. The Morgan fingerprint density at radius 3 is 2.37 bits per heavy atom. The minimum atomic E-state index is -0.329. The molecule has 0 spiro atoms. The van der Waals surface area contributed by atoms with Gasteiger partial charge in [0.15, 0.2) is 0 Å². The second-order valence-corrected chi connectivity index (χ2v) is 4.17. The van der Waals surface area contributed by atoms with Crippen LogP contribution >= 0.6 is 0 Å². The lowest BCUT2D eigenvalue weighted by Gasteiger charge is -2.06.